The molecular formula is C19H24BrClN2O4. The van der Waals surface area contributed by atoms with Crippen LogP contribution in [0.1, 0.15) is 43.7 Å². The summed E-state index contributed by atoms with van der Waals surface area (Å²) in [5.41, 5.74) is 1.40. The smallest absolute Gasteiger partial charge is 0.407 e. The maximum Gasteiger partial charge on any atom is 0.407 e. The van der Waals surface area contributed by atoms with Crippen LogP contribution < -0.4 is 5.32 Å². The van der Waals surface area contributed by atoms with Gasteiger partial charge in [0.05, 0.1) is 17.1 Å². The third kappa shape index (κ3) is 5.17. The van der Waals surface area contributed by atoms with Crippen molar-refractivity contribution in [2.75, 3.05) is 13.2 Å². The first kappa shape index (κ1) is 21.6. The van der Waals surface area contributed by atoms with Gasteiger partial charge in [0.1, 0.15) is 11.3 Å². The number of nitrogens with one attached hydrogen (secondary N) is 1. The van der Waals surface area contributed by atoms with E-state index in [4.69, 9.17) is 21.1 Å². The second-order valence-electron chi connectivity index (χ2n) is 7.08. The Morgan fingerprint density at radius 3 is 2.56 bits per heavy atom. The number of benzene rings is 1. The second-order valence-corrected chi connectivity index (χ2v) is 8.31. The van der Waals surface area contributed by atoms with Crippen LogP contribution in [0.3, 0.4) is 0 Å². The summed E-state index contributed by atoms with van der Waals surface area (Å²) in [7, 11) is 0. The van der Waals surface area contributed by atoms with E-state index in [9.17, 15) is 9.59 Å². The van der Waals surface area contributed by atoms with Gasteiger partial charge in [-0.2, -0.15) is 0 Å². The van der Waals surface area contributed by atoms with Crippen LogP contribution >= 0.6 is 27.5 Å². The van der Waals surface area contributed by atoms with E-state index in [0.29, 0.717) is 17.3 Å². The van der Waals surface area contributed by atoms with E-state index >= 15 is 0 Å². The highest BCUT2D eigenvalue weighted by Gasteiger charge is 2.21. The largest absolute Gasteiger partial charge is 0.461 e. The summed E-state index contributed by atoms with van der Waals surface area (Å²) in [6, 6.07) is 3.65. The van der Waals surface area contributed by atoms with Gasteiger partial charge in [-0.1, -0.05) is 27.5 Å². The van der Waals surface area contributed by atoms with Crippen molar-refractivity contribution in [3.63, 3.8) is 0 Å². The number of carbonyl (C=O) groups excluding carboxylic acids is 2. The third-order valence-corrected chi connectivity index (χ3v) is 4.87. The molecule has 0 atom stereocenters. The summed E-state index contributed by atoms with van der Waals surface area (Å²) in [5.74, 6) is -0.438. The van der Waals surface area contributed by atoms with Crippen LogP contribution in [0.15, 0.2) is 16.6 Å². The summed E-state index contributed by atoms with van der Waals surface area (Å²) in [4.78, 5) is 24.3. The fourth-order valence-corrected chi connectivity index (χ4v) is 3.58. The molecule has 0 saturated carbocycles. The summed E-state index contributed by atoms with van der Waals surface area (Å²) in [6.45, 7) is 9.92. The molecule has 1 aromatic carbocycles. The Hall–Kier alpha value is -1.73. The molecule has 1 aromatic heterocycles. The van der Waals surface area contributed by atoms with Gasteiger partial charge in [-0.15, -0.1) is 0 Å². The number of aryl methyl sites for hydroxylation is 1. The molecule has 0 aliphatic rings. The van der Waals surface area contributed by atoms with Crippen LogP contribution in [0.5, 0.6) is 0 Å². The van der Waals surface area contributed by atoms with Gasteiger partial charge in [0.25, 0.3) is 0 Å². The molecule has 0 radical (unpaired) electrons. The maximum atomic E-state index is 12.4. The number of rotatable bonds is 5. The molecule has 1 heterocycles. The molecule has 0 saturated heterocycles. The normalized spacial score (nSPS) is 11.5. The van der Waals surface area contributed by atoms with Gasteiger partial charge >= 0.3 is 12.1 Å². The number of hydrogen-bond donors (Lipinski definition) is 1. The number of halogens is 2. The van der Waals surface area contributed by atoms with Gasteiger partial charge < -0.3 is 19.4 Å². The van der Waals surface area contributed by atoms with E-state index in [-0.39, 0.29) is 13.2 Å². The van der Waals surface area contributed by atoms with Crippen LogP contribution in [0.4, 0.5) is 4.79 Å². The minimum Gasteiger partial charge on any atom is -0.461 e. The molecule has 0 fully saturated rings. The Labute approximate surface area is 172 Å². The standard InChI is InChI=1S/C19H24BrClN2O4/c1-6-26-17(24)14-10-12-13(20)9-11(2)15(21)16(12)23(14)8-7-22-18(25)27-19(3,4)5/h9-10H,6-8H2,1-5H3,(H,22,25). The Morgan fingerprint density at radius 2 is 1.96 bits per heavy atom. The molecule has 6 nitrogen and oxygen atoms in total. The fraction of sp³-hybridized carbons (Fsp3) is 0.474. The zero-order valence-electron chi connectivity index (χ0n) is 16.1. The van der Waals surface area contributed by atoms with Crippen molar-refractivity contribution >= 4 is 50.5 Å². The van der Waals surface area contributed by atoms with Crippen LogP contribution in [0.25, 0.3) is 10.9 Å². The molecule has 1 amide bonds. The molecular weight excluding hydrogens is 436 g/mol. The Kier molecular flexibility index (Phi) is 6.81. The van der Waals surface area contributed by atoms with Crippen molar-refractivity contribution in [1.29, 1.82) is 0 Å². The molecule has 8 heteroatoms. The molecule has 0 aliphatic heterocycles. The van der Waals surface area contributed by atoms with Gasteiger partial charge in [-0.05, 0) is 52.3 Å². The van der Waals surface area contributed by atoms with Crippen molar-refractivity contribution in [2.45, 2.75) is 46.8 Å². The first-order chi connectivity index (χ1) is 12.5. The van der Waals surface area contributed by atoms with E-state index < -0.39 is 17.7 Å². The van der Waals surface area contributed by atoms with E-state index in [1.807, 2.05) is 13.0 Å². The third-order valence-electron chi connectivity index (χ3n) is 3.74. The number of esters is 1. The van der Waals surface area contributed by atoms with Crippen molar-refractivity contribution < 1.29 is 19.1 Å². The lowest BCUT2D eigenvalue weighted by molar-refractivity contribution is 0.0514. The van der Waals surface area contributed by atoms with Gasteiger partial charge in [0.15, 0.2) is 0 Å². The summed E-state index contributed by atoms with van der Waals surface area (Å²) in [5, 5.41) is 4.07. The first-order valence-electron chi connectivity index (χ1n) is 8.67. The number of hydrogen-bond acceptors (Lipinski definition) is 4. The number of alkyl carbamates (subject to hydrolysis) is 1. The molecule has 0 unspecified atom stereocenters. The van der Waals surface area contributed by atoms with Gasteiger partial charge in [-0.25, -0.2) is 9.59 Å². The monoisotopic (exact) mass is 458 g/mol. The van der Waals surface area contributed by atoms with Crippen molar-refractivity contribution in [3.05, 3.63) is 32.9 Å². The van der Waals surface area contributed by atoms with E-state index in [1.165, 1.54) is 0 Å². The number of carbonyl (C=O) groups is 2. The molecule has 148 valence electrons. The van der Waals surface area contributed by atoms with Crippen molar-refractivity contribution in [3.8, 4) is 0 Å². The molecule has 0 spiro atoms. The van der Waals surface area contributed by atoms with Gasteiger partial charge in [-0.3, -0.25) is 0 Å². The first-order valence-corrected chi connectivity index (χ1v) is 9.84. The summed E-state index contributed by atoms with van der Waals surface area (Å²) >= 11 is 10.0. The van der Waals surface area contributed by atoms with E-state index in [1.54, 1.807) is 38.3 Å². The highest BCUT2D eigenvalue weighted by Crippen LogP contribution is 2.35. The predicted octanol–water partition coefficient (Wildman–Crippen LogP) is 5.07. The second kappa shape index (κ2) is 8.52. The fourth-order valence-electron chi connectivity index (χ4n) is 2.68. The number of amides is 1. The quantitative estimate of drug-likeness (QED) is 0.634. The molecule has 2 rings (SSSR count). The lowest BCUT2D eigenvalue weighted by atomic mass is 10.2. The number of ether oxygens (including phenoxy) is 2. The summed E-state index contributed by atoms with van der Waals surface area (Å²) in [6.07, 6.45) is -0.514. The van der Waals surface area contributed by atoms with E-state index in [0.717, 1.165) is 20.9 Å². The van der Waals surface area contributed by atoms with Crippen molar-refractivity contribution in [2.24, 2.45) is 0 Å². The molecule has 1 N–H and O–H groups in total. The molecule has 27 heavy (non-hydrogen) atoms. The lowest BCUT2D eigenvalue weighted by Gasteiger charge is -2.20. The van der Waals surface area contributed by atoms with Crippen LogP contribution in [0, 0.1) is 6.92 Å². The van der Waals surface area contributed by atoms with Gasteiger partial charge in [0.2, 0.25) is 0 Å². The molecule has 0 bridgehead atoms. The maximum absolute atomic E-state index is 12.4. The molecule has 0 aliphatic carbocycles. The Bertz CT molecular complexity index is 871. The SMILES string of the molecule is CCOC(=O)c1cc2c(Br)cc(C)c(Cl)c2n1CCNC(=O)OC(C)(C)C. The van der Waals surface area contributed by atoms with E-state index in [2.05, 4.69) is 21.2 Å². The lowest BCUT2D eigenvalue weighted by Crippen LogP contribution is -2.34. The van der Waals surface area contributed by atoms with Crippen molar-refractivity contribution in [1.82, 2.24) is 9.88 Å². The predicted molar refractivity (Wildman–Crippen MR) is 110 cm³/mol. The minimum absolute atomic E-state index is 0.268. The molecule has 2 aromatic rings. The number of aromatic nitrogens is 1. The Morgan fingerprint density at radius 1 is 1.30 bits per heavy atom. The van der Waals surface area contributed by atoms with Gasteiger partial charge in [0, 0.05) is 22.9 Å². The summed E-state index contributed by atoms with van der Waals surface area (Å²) < 4.78 is 13.0. The zero-order chi connectivity index (χ0) is 20.4. The topological polar surface area (TPSA) is 69.6 Å². The van der Waals surface area contributed by atoms with Crippen LogP contribution in [-0.2, 0) is 16.0 Å². The Balaban J connectivity index is 2.36. The number of nitrogens with zero attached hydrogens (tertiary/aromatic N) is 1. The number of fused-ring (bicyclic) bond motifs is 1. The van der Waals surface area contributed by atoms with Crippen LogP contribution in [0.2, 0.25) is 5.02 Å². The highest BCUT2D eigenvalue weighted by molar-refractivity contribution is 9.10. The van der Waals surface area contributed by atoms with Crippen LogP contribution in [-0.4, -0.2) is 35.4 Å². The average Bonchev–Trinajstić information content (AvgIpc) is 2.91. The minimum atomic E-state index is -0.578. The zero-order valence-corrected chi connectivity index (χ0v) is 18.5. The average molecular weight is 460 g/mol. The highest BCUT2D eigenvalue weighted by atomic mass is 79.9.